The van der Waals surface area contributed by atoms with Crippen molar-refractivity contribution in [3.63, 3.8) is 0 Å². The van der Waals surface area contributed by atoms with Gasteiger partial charge in [-0.2, -0.15) is 0 Å². The van der Waals surface area contributed by atoms with Gasteiger partial charge in [0.15, 0.2) is 5.58 Å². The van der Waals surface area contributed by atoms with Crippen molar-refractivity contribution >= 4 is 42.6 Å². The Bertz CT molecular complexity index is 2850. The number of thiophene rings is 1. The van der Waals surface area contributed by atoms with Crippen LogP contribution in [-0.4, -0.2) is 4.98 Å². The highest BCUT2D eigenvalue weighted by molar-refractivity contribution is 7.26. The van der Waals surface area contributed by atoms with Crippen LogP contribution in [0.2, 0.25) is 0 Å². The summed E-state index contributed by atoms with van der Waals surface area (Å²) in [6, 6.07) is 67.2. The van der Waals surface area contributed by atoms with Gasteiger partial charge < -0.3 is 4.42 Å². The predicted molar refractivity (Wildman–Crippen MR) is 220 cm³/mol. The lowest BCUT2D eigenvalue weighted by Crippen LogP contribution is -1.86. The lowest BCUT2D eigenvalue weighted by Gasteiger charge is -2.11. The topological polar surface area (TPSA) is 26.0 Å². The van der Waals surface area contributed by atoms with Crippen LogP contribution in [0.4, 0.5) is 0 Å². The Morgan fingerprint density at radius 1 is 0.365 bits per heavy atom. The van der Waals surface area contributed by atoms with Gasteiger partial charge in [0.2, 0.25) is 5.89 Å². The summed E-state index contributed by atoms with van der Waals surface area (Å²) in [5.41, 5.74) is 14.7. The van der Waals surface area contributed by atoms with Crippen LogP contribution in [0.5, 0.6) is 0 Å². The fraction of sp³-hybridized carbons (Fsp3) is 0. The molecule has 0 unspecified atom stereocenters. The minimum absolute atomic E-state index is 0.634. The molecule has 3 heteroatoms. The second-order valence-corrected chi connectivity index (χ2v) is 14.2. The Hall–Kier alpha value is -6.55. The third-order valence-corrected chi connectivity index (χ3v) is 11.1. The van der Waals surface area contributed by atoms with Crippen molar-refractivity contribution in [1.29, 1.82) is 0 Å². The molecule has 0 saturated heterocycles. The van der Waals surface area contributed by atoms with Crippen LogP contribution < -0.4 is 0 Å². The number of hydrogen-bond acceptors (Lipinski definition) is 3. The van der Waals surface area contributed by atoms with E-state index in [1.807, 2.05) is 35.6 Å². The molecule has 0 saturated carbocycles. The molecule has 0 radical (unpaired) electrons. The van der Waals surface area contributed by atoms with E-state index in [1.54, 1.807) is 0 Å². The summed E-state index contributed by atoms with van der Waals surface area (Å²) in [4.78, 5) is 4.74. The molecule has 10 rings (SSSR count). The van der Waals surface area contributed by atoms with Crippen molar-refractivity contribution in [3.8, 4) is 67.1 Å². The van der Waals surface area contributed by atoms with Gasteiger partial charge in [-0.05, 0) is 111 Å². The molecule has 244 valence electrons. The first-order valence-electron chi connectivity index (χ1n) is 17.5. The van der Waals surface area contributed by atoms with Crippen molar-refractivity contribution in [1.82, 2.24) is 4.98 Å². The fourth-order valence-electron chi connectivity index (χ4n) is 7.24. The van der Waals surface area contributed by atoms with Crippen LogP contribution in [0.25, 0.3) is 98.4 Å². The average Bonchev–Trinajstić information content (AvgIpc) is 3.83. The van der Waals surface area contributed by atoms with Crippen LogP contribution in [0.15, 0.2) is 192 Å². The molecule has 0 fully saturated rings. The summed E-state index contributed by atoms with van der Waals surface area (Å²) < 4.78 is 8.66. The van der Waals surface area contributed by atoms with Gasteiger partial charge in [0, 0.05) is 31.3 Å². The minimum Gasteiger partial charge on any atom is -0.436 e. The molecule has 0 spiro atoms. The first-order valence-corrected chi connectivity index (χ1v) is 18.3. The largest absolute Gasteiger partial charge is 0.436 e. The molecule has 10 aromatic rings. The van der Waals surface area contributed by atoms with Crippen LogP contribution in [0, 0.1) is 0 Å². The van der Waals surface area contributed by atoms with Gasteiger partial charge >= 0.3 is 0 Å². The van der Waals surface area contributed by atoms with Gasteiger partial charge in [-0.25, -0.2) is 4.98 Å². The predicted octanol–water partition coefficient (Wildman–Crippen LogP) is 14.2. The van der Waals surface area contributed by atoms with Gasteiger partial charge in [0.1, 0.15) is 5.52 Å². The fourth-order valence-corrected chi connectivity index (χ4v) is 8.45. The number of fused-ring (bicyclic) bond motifs is 4. The van der Waals surface area contributed by atoms with Crippen molar-refractivity contribution < 1.29 is 4.42 Å². The molecule has 0 aliphatic rings. The number of oxazole rings is 1. The van der Waals surface area contributed by atoms with Crippen LogP contribution in [-0.2, 0) is 0 Å². The summed E-state index contributed by atoms with van der Waals surface area (Å²) in [6.45, 7) is 0. The Labute approximate surface area is 305 Å². The van der Waals surface area contributed by atoms with E-state index in [4.69, 9.17) is 9.40 Å². The number of hydrogen-bond donors (Lipinski definition) is 0. The van der Waals surface area contributed by atoms with Crippen LogP contribution >= 0.6 is 11.3 Å². The normalized spacial score (nSPS) is 11.5. The van der Waals surface area contributed by atoms with Gasteiger partial charge in [0.05, 0.1) is 0 Å². The van der Waals surface area contributed by atoms with E-state index in [9.17, 15) is 0 Å². The quantitative estimate of drug-likeness (QED) is 0.175. The third-order valence-electron chi connectivity index (χ3n) is 9.91. The Balaban J connectivity index is 1.13. The van der Waals surface area contributed by atoms with Crippen molar-refractivity contribution in [2.24, 2.45) is 0 Å². The molecule has 0 atom stereocenters. The van der Waals surface area contributed by atoms with E-state index in [2.05, 4.69) is 164 Å². The highest BCUT2D eigenvalue weighted by Crippen LogP contribution is 2.44. The molecule has 2 nitrogen and oxygen atoms in total. The summed E-state index contributed by atoms with van der Waals surface area (Å²) in [6.07, 6.45) is 0. The molecule has 2 aromatic heterocycles. The van der Waals surface area contributed by atoms with Crippen LogP contribution in [0.3, 0.4) is 0 Å². The van der Waals surface area contributed by atoms with E-state index >= 15 is 0 Å². The van der Waals surface area contributed by atoms with E-state index < -0.39 is 0 Å². The maximum absolute atomic E-state index is 6.11. The highest BCUT2D eigenvalue weighted by atomic mass is 32.1. The Morgan fingerprint density at radius 2 is 0.885 bits per heavy atom. The highest BCUT2D eigenvalue weighted by Gasteiger charge is 2.16. The number of nitrogens with zero attached hydrogens (tertiary/aromatic N) is 1. The molecule has 0 amide bonds. The molecule has 0 bridgehead atoms. The van der Waals surface area contributed by atoms with Crippen molar-refractivity contribution in [3.05, 3.63) is 188 Å². The molecule has 52 heavy (non-hydrogen) atoms. The smallest absolute Gasteiger partial charge is 0.227 e. The number of benzene rings is 8. The number of rotatable bonds is 6. The van der Waals surface area contributed by atoms with Gasteiger partial charge in [-0.3, -0.25) is 0 Å². The molecule has 0 aliphatic heterocycles. The van der Waals surface area contributed by atoms with Gasteiger partial charge in [-0.1, -0.05) is 127 Å². The van der Waals surface area contributed by atoms with Gasteiger partial charge in [0.25, 0.3) is 0 Å². The van der Waals surface area contributed by atoms with Crippen molar-refractivity contribution in [2.75, 3.05) is 0 Å². The first kappa shape index (κ1) is 30.3. The first-order chi connectivity index (χ1) is 25.7. The standard InChI is InChI=1S/C49H31NOS/c1-3-11-32(12-4-1)36-15-9-17-38(27-36)40-25-26-47-43(29-40)44-31-41(39-18-10-16-37(28-39)33-13-5-2-6-14-33)30-42(48(44)52-47)34-21-23-35(24-22-34)49-50-45-19-7-8-20-46(45)51-49/h1-31H. The summed E-state index contributed by atoms with van der Waals surface area (Å²) in [7, 11) is 0. The van der Waals surface area contributed by atoms with E-state index in [0.717, 1.165) is 22.2 Å². The zero-order chi connectivity index (χ0) is 34.4. The minimum atomic E-state index is 0.634. The summed E-state index contributed by atoms with van der Waals surface area (Å²) >= 11 is 1.86. The molecule has 0 aliphatic carbocycles. The molecule has 8 aromatic carbocycles. The van der Waals surface area contributed by atoms with E-state index in [1.165, 1.54) is 70.2 Å². The van der Waals surface area contributed by atoms with E-state index in [0.29, 0.717) is 5.89 Å². The molecular formula is C49H31NOS. The second-order valence-electron chi connectivity index (χ2n) is 13.2. The lowest BCUT2D eigenvalue weighted by molar-refractivity contribution is 0.620. The Morgan fingerprint density at radius 3 is 1.56 bits per heavy atom. The zero-order valence-corrected chi connectivity index (χ0v) is 29.0. The third kappa shape index (κ3) is 5.49. The Kier molecular flexibility index (Phi) is 7.37. The molecular weight excluding hydrogens is 651 g/mol. The molecule has 2 heterocycles. The zero-order valence-electron chi connectivity index (χ0n) is 28.2. The second kappa shape index (κ2) is 12.6. The SMILES string of the molecule is c1ccc(-c2cccc(-c3ccc4sc5c(-c6ccc(-c7nc8ccccc8o7)cc6)cc(-c6cccc(-c7ccccc7)c6)cc5c4c3)c2)cc1. The average molecular weight is 682 g/mol. The number of para-hydroxylation sites is 2. The van der Waals surface area contributed by atoms with Crippen molar-refractivity contribution in [2.45, 2.75) is 0 Å². The van der Waals surface area contributed by atoms with E-state index in [-0.39, 0.29) is 0 Å². The maximum atomic E-state index is 6.11. The van der Waals surface area contributed by atoms with Gasteiger partial charge in [-0.15, -0.1) is 11.3 Å². The number of aromatic nitrogens is 1. The van der Waals surface area contributed by atoms with Crippen LogP contribution in [0.1, 0.15) is 0 Å². The monoisotopic (exact) mass is 681 g/mol. The molecule has 0 N–H and O–H groups in total. The summed E-state index contributed by atoms with van der Waals surface area (Å²) in [5, 5.41) is 2.54. The lowest BCUT2D eigenvalue weighted by atomic mass is 9.93. The maximum Gasteiger partial charge on any atom is 0.227 e. The summed E-state index contributed by atoms with van der Waals surface area (Å²) in [5.74, 6) is 0.634.